The van der Waals surface area contributed by atoms with Crippen LogP contribution in [0.25, 0.3) is 0 Å². The van der Waals surface area contributed by atoms with Crippen LogP contribution in [0, 0.1) is 5.92 Å². The third-order valence-electron chi connectivity index (χ3n) is 3.00. The molecule has 1 rings (SSSR count). The van der Waals surface area contributed by atoms with Gasteiger partial charge in [0.2, 0.25) is 0 Å². The van der Waals surface area contributed by atoms with Crippen LogP contribution in [0.2, 0.25) is 0 Å². The maximum Gasteiger partial charge on any atom is 0.00923 e. The molecule has 1 nitrogen and oxygen atoms in total. The van der Waals surface area contributed by atoms with Crippen molar-refractivity contribution in [1.29, 1.82) is 0 Å². The summed E-state index contributed by atoms with van der Waals surface area (Å²) in [5.41, 5.74) is 0. The van der Waals surface area contributed by atoms with E-state index in [-0.39, 0.29) is 0 Å². The van der Waals surface area contributed by atoms with Crippen LogP contribution in [0.1, 0.15) is 46.0 Å². The van der Waals surface area contributed by atoms with E-state index in [1.54, 1.807) is 0 Å². The van der Waals surface area contributed by atoms with Gasteiger partial charge in [-0.05, 0) is 45.2 Å². The fraction of sp³-hybridized carbons (Fsp3) is 1.00. The zero-order chi connectivity index (χ0) is 8.97. The molecule has 1 saturated heterocycles. The first-order valence-corrected chi connectivity index (χ1v) is 5.40. The Morgan fingerprint density at radius 1 is 1.33 bits per heavy atom. The number of nitrogens with zero attached hydrogens (tertiary/aromatic N) is 1. The summed E-state index contributed by atoms with van der Waals surface area (Å²) in [6, 6.07) is 0.890. The van der Waals surface area contributed by atoms with Crippen LogP contribution in [0.3, 0.4) is 0 Å². The summed E-state index contributed by atoms with van der Waals surface area (Å²) in [6.45, 7) is 5.97. The highest BCUT2D eigenvalue weighted by atomic mass is 15.1. The van der Waals surface area contributed by atoms with Gasteiger partial charge < -0.3 is 4.90 Å². The normalized spacial score (nSPS) is 26.5. The van der Waals surface area contributed by atoms with Gasteiger partial charge in [-0.1, -0.05) is 20.3 Å². The quantitative estimate of drug-likeness (QED) is 0.628. The molecule has 1 atom stereocenters. The predicted molar refractivity (Wildman–Crippen MR) is 54.3 cm³/mol. The van der Waals surface area contributed by atoms with Crippen molar-refractivity contribution in [1.82, 2.24) is 4.90 Å². The molecule has 1 heteroatoms. The van der Waals surface area contributed by atoms with Gasteiger partial charge in [-0.25, -0.2) is 0 Å². The highest BCUT2D eigenvalue weighted by Gasteiger charge is 2.18. The van der Waals surface area contributed by atoms with Gasteiger partial charge in [-0.3, -0.25) is 0 Å². The van der Waals surface area contributed by atoms with Gasteiger partial charge in [0, 0.05) is 6.04 Å². The monoisotopic (exact) mass is 169 g/mol. The molecule has 1 heterocycles. The Morgan fingerprint density at radius 2 is 2.08 bits per heavy atom. The molecule has 0 spiro atoms. The van der Waals surface area contributed by atoms with Gasteiger partial charge in [0.25, 0.3) is 0 Å². The summed E-state index contributed by atoms with van der Waals surface area (Å²) in [6.07, 6.45) is 7.11. The maximum atomic E-state index is 2.55. The molecule has 0 saturated carbocycles. The second-order valence-electron chi connectivity index (χ2n) is 4.60. The molecule has 1 aliphatic heterocycles. The van der Waals surface area contributed by atoms with Crippen molar-refractivity contribution in [2.75, 3.05) is 13.6 Å². The second kappa shape index (κ2) is 4.86. The van der Waals surface area contributed by atoms with Gasteiger partial charge in [0.1, 0.15) is 0 Å². The SMILES string of the molecule is CC(C)CC[C@@H]1CCCCN1C. The van der Waals surface area contributed by atoms with Crippen LogP contribution in [0.4, 0.5) is 0 Å². The maximum absolute atomic E-state index is 2.55. The van der Waals surface area contributed by atoms with Crippen molar-refractivity contribution in [3.8, 4) is 0 Å². The predicted octanol–water partition coefficient (Wildman–Crippen LogP) is 2.91. The average Bonchev–Trinajstić information content (AvgIpc) is 2.03. The lowest BCUT2D eigenvalue weighted by molar-refractivity contribution is 0.169. The summed E-state index contributed by atoms with van der Waals surface area (Å²) >= 11 is 0. The molecule has 1 aliphatic rings. The van der Waals surface area contributed by atoms with E-state index in [9.17, 15) is 0 Å². The molecule has 12 heavy (non-hydrogen) atoms. The second-order valence-corrected chi connectivity index (χ2v) is 4.60. The minimum atomic E-state index is 0.875. The molecule has 0 aromatic rings. The standard InChI is InChI=1S/C11H23N/c1-10(2)7-8-11-6-4-5-9-12(11)3/h10-11H,4-9H2,1-3H3/t11-/m0/s1. The number of rotatable bonds is 3. The minimum Gasteiger partial charge on any atom is -0.303 e. The Balaban J connectivity index is 2.20. The first kappa shape index (κ1) is 10.0. The zero-order valence-corrected chi connectivity index (χ0v) is 8.84. The summed E-state index contributed by atoms with van der Waals surface area (Å²) < 4.78 is 0. The average molecular weight is 169 g/mol. The first-order chi connectivity index (χ1) is 5.70. The fourth-order valence-corrected chi connectivity index (χ4v) is 2.03. The van der Waals surface area contributed by atoms with Crippen LogP contribution >= 0.6 is 0 Å². The van der Waals surface area contributed by atoms with Crippen LogP contribution in [-0.2, 0) is 0 Å². The van der Waals surface area contributed by atoms with Gasteiger partial charge in [0.05, 0.1) is 0 Å². The van der Waals surface area contributed by atoms with E-state index in [4.69, 9.17) is 0 Å². The first-order valence-electron chi connectivity index (χ1n) is 5.40. The van der Waals surface area contributed by atoms with Crippen LogP contribution in [-0.4, -0.2) is 24.5 Å². The van der Waals surface area contributed by atoms with Crippen molar-refractivity contribution in [2.45, 2.75) is 52.0 Å². The van der Waals surface area contributed by atoms with E-state index in [1.807, 2.05) is 0 Å². The van der Waals surface area contributed by atoms with Crippen molar-refractivity contribution in [3.63, 3.8) is 0 Å². The molecular weight excluding hydrogens is 146 g/mol. The Bertz CT molecular complexity index is 120. The van der Waals surface area contributed by atoms with E-state index in [1.165, 1.54) is 38.6 Å². The lowest BCUT2D eigenvalue weighted by Crippen LogP contribution is -2.36. The topological polar surface area (TPSA) is 3.24 Å². The zero-order valence-electron chi connectivity index (χ0n) is 8.84. The number of likely N-dealkylation sites (tertiary alicyclic amines) is 1. The number of piperidine rings is 1. The molecule has 0 N–H and O–H groups in total. The van der Waals surface area contributed by atoms with Gasteiger partial charge in [-0.2, -0.15) is 0 Å². The van der Waals surface area contributed by atoms with Crippen molar-refractivity contribution in [2.24, 2.45) is 5.92 Å². The molecular formula is C11H23N. The van der Waals surface area contributed by atoms with E-state index < -0.39 is 0 Å². The van der Waals surface area contributed by atoms with E-state index in [2.05, 4.69) is 25.8 Å². The van der Waals surface area contributed by atoms with Crippen molar-refractivity contribution in [3.05, 3.63) is 0 Å². The Hall–Kier alpha value is -0.0400. The number of hydrogen-bond acceptors (Lipinski definition) is 1. The van der Waals surface area contributed by atoms with Gasteiger partial charge >= 0.3 is 0 Å². The molecule has 0 amide bonds. The molecule has 0 bridgehead atoms. The summed E-state index contributed by atoms with van der Waals surface area (Å²) in [4.78, 5) is 2.55. The molecule has 0 radical (unpaired) electrons. The molecule has 0 aliphatic carbocycles. The lowest BCUT2D eigenvalue weighted by Gasteiger charge is -2.32. The van der Waals surface area contributed by atoms with E-state index >= 15 is 0 Å². The molecule has 0 aromatic carbocycles. The highest BCUT2D eigenvalue weighted by molar-refractivity contribution is 4.74. The van der Waals surface area contributed by atoms with Crippen LogP contribution in [0.5, 0.6) is 0 Å². The van der Waals surface area contributed by atoms with E-state index in [0.29, 0.717) is 0 Å². The Kier molecular flexibility index (Phi) is 4.07. The minimum absolute atomic E-state index is 0.875. The molecule has 1 fully saturated rings. The Labute approximate surface area is 77.1 Å². The van der Waals surface area contributed by atoms with Crippen LogP contribution in [0.15, 0.2) is 0 Å². The molecule has 0 aromatic heterocycles. The Morgan fingerprint density at radius 3 is 2.67 bits per heavy atom. The van der Waals surface area contributed by atoms with Gasteiger partial charge in [-0.15, -0.1) is 0 Å². The third-order valence-corrected chi connectivity index (χ3v) is 3.00. The largest absolute Gasteiger partial charge is 0.303 e. The summed E-state index contributed by atoms with van der Waals surface area (Å²) in [5.74, 6) is 0.875. The summed E-state index contributed by atoms with van der Waals surface area (Å²) in [7, 11) is 2.28. The number of hydrogen-bond donors (Lipinski definition) is 0. The summed E-state index contributed by atoms with van der Waals surface area (Å²) in [5, 5.41) is 0. The molecule has 72 valence electrons. The van der Waals surface area contributed by atoms with Crippen molar-refractivity contribution >= 4 is 0 Å². The third kappa shape index (κ3) is 3.14. The van der Waals surface area contributed by atoms with E-state index in [0.717, 1.165) is 12.0 Å². The fourth-order valence-electron chi connectivity index (χ4n) is 2.03. The lowest BCUT2D eigenvalue weighted by atomic mass is 9.95. The molecule has 0 unspecified atom stereocenters. The van der Waals surface area contributed by atoms with Crippen molar-refractivity contribution < 1.29 is 0 Å². The smallest absolute Gasteiger partial charge is 0.00923 e. The van der Waals surface area contributed by atoms with Crippen LogP contribution < -0.4 is 0 Å². The highest BCUT2D eigenvalue weighted by Crippen LogP contribution is 2.20. The van der Waals surface area contributed by atoms with Gasteiger partial charge in [0.15, 0.2) is 0 Å².